The fraction of sp³-hybridized carbons (Fsp3) is 0.214. The highest BCUT2D eigenvalue weighted by atomic mass is 32.1. The van der Waals surface area contributed by atoms with Crippen LogP contribution >= 0.6 is 12.6 Å². The van der Waals surface area contributed by atoms with Gasteiger partial charge in [-0.15, -0.1) is 0 Å². The number of hydrogen-bond donors (Lipinski definition) is 5. The lowest BCUT2D eigenvalue weighted by Crippen LogP contribution is -2.54. The van der Waals surface area contributed by atoms with Gasteiger partial charge in [-0.3, -0.25) is 14.4 Å². The molecule has 0 radical (unpaired) electrons. The predicted molar refractivity (Wildman–Crippen MR) is 142 cm³/mol. The zero-order valence-corrected chi connectivity index (χ0v) is 20.8. The van der Waals surface area contributed by atoms with E-state index < -0.39 is 47.5 Å². The van der Waals surface area contributed by atoms with Gasteiger partial charge in [0.25, 0.3) is 0 Å². The van der Waals surface area contributed by atoms with Crippen LogP contribution in [0, 0.1) is 0 Å². The predicted octanol–water partition coefficient (Wildman–Crippen LogP) is 2.97. The zero-order valence-electron chi connectivity index (χ0n) is 19.9. The Bertz CT molecular complexity index is 1220. The number of benzene rings is 3. The minimum Gasteiger partial charge on any atom is -0.481 e. The molecule has 9 heteroatoms. The first-order valence-corrected chi connectivity index (χ1v) is 12.2. The normalized spacial score (nSPS) is 13.1. The summed E-state index contributed by atoms with van der Waals surface area (Å²) in [6, 6.07) is 23.3. The van der Waals surface area contributed by atoms with E-state index in [1.54, 1.807) is 12.1 Å². The SMILES string of the molecule is O=C(O)CC(NC(=O)[C@@H](S)Cc1ccccc1)C(=O)N[C@@H](Cc1ccc(-c2ccccc2)cc1)C(=O)O. The number of carbonyl (C=O) groups is 4. The molecule has 37 heavy (non-hydrogen) atoms. The molecule has 3 rings (SSSR count). The van der Waals surface area contributed by atoms with Crippen LogP contribution in [0.5, 0.6) is 0 Å². The smallest absolute Gasteiger partial charge is 0.326 e. The molecule has 0 aliphatic rings. The maximum atomic E-state index is 12.9. The Hall–Kier alpha value is -4.11. The van der Waals surface area contributed by atoms with Gasteiger partial charge in [-0.1, -0.05) is 84.9 Å². The number of hydrogen-bond acceptors (Lipinski definition) is 5. The van der Waals surface area contributed by atoms with E-state index in [-0.39, 0.29) is 12.8 Å². The minimum atomic E-state index is -1.46. The molecule has 0 aromatic heterocycles. The van der Waals surface area contributed by atoms with Crippen LogP contribution in [0.3, 0.4) is 0 Å². The van der Waals surface area contributed by atoms with Crippen molar-refractivity contribution >= 4 is 36.4 Å². The van der Waals surface area contributed by atoms with Crippen molar-refractivity contribution in [1.29, 1.82) is 0 Å². The highest BCUT2D eigenvalue weighted by Gasteiger charge is 2.30. The molecule has 0 bridgehead atoms. The van der Waals surface area contributed by atoms with E-state index in [1.807, 2.05) is 72.8 Å². The molecule has 192 valence electrons. The maximum absolute atomic E-state index is 12.9. The molecule has 3 aromatic carbocycles. The summed E-state index contributed by atoms with van der Waals surface area (Å²) in [6.07, 6.45) is -0.456. The summed E-state index contributed by atoms with van der Waals surface area (Å²) >= 11 is 4.29. The van der Waals surface area contributed by atoms with Crippen molar-refractivity contribution < 1.29 is 29.4 Å². The van der Waals surface area contributed by atoms with Crippen LogP contribution in [-0.2, 0) is 32.0 Å². The van der Waals surface area contributed by atoms with E-state index in [2.05, 4.69) is 23.3 Å². The molecule has 3 aromatic rings. The molecule has 2 amide bonds. The Labute approximate surface area is 220 Å². The molecule has 0 saturated carbocycles. The van der Waals surface area contributed by atoms with E-state index in [0.717, 1.165) is 16.7 Å². The van der Waals surface area contributed by atoms with Gasteiger partial charge in [0.1, 0.15) is 12.1 Å². The number of thiol groups is 1. The highest BCUT2D eigenvalue weighted by molar-refractivity contribution is 7.81. The van der Waals surface area contributed by atoms with Gasteiger partial charge in [-0.2, -0.15) is 12.6 Å². The Balaban J connectivity index is 1.65. The first kappa shape index (κ1) is 27.5. The molecule has 3 atom stereocenters. The quantitative estimate of drug-likeness (QED) is 0.233. The van der Waals surface area contributed by atoms with Crippen molar-refractivity contribution in [3.8, 4) is 11.1 Å². The van der Waals surface area contributed by atoms with E-state index in [9.17, 15) is 29.4 Å². The van der Waals surface area contributed by atoms with E-state index in [0.29, 0.717) is 5.56 Å². The van der Waals surface area contributed by atoms with E-state index in [4.69, 9.17) is 0 Å². The Morgan fingerprint density at radius 1 is 0.649 bits per heavy atom. The Morgan fingerprint density at radius 3 is 1.73 bits per heavy atom. The number of carboxylic acid groups (broad SMARTS) is 2. The van der Waals surface area contributed by atoms with Crippen LogP contribution in [0.25, 0.3) is 11.1 Å². The minimum absolute atomic E-state index is 0.0208. The van der Waals surface area contributed by atoms with Crippen LogP contribution in [0.1, 0.15) is 17.5 Å². The van der Waals surface area contributed by atoms with Crippen molar-refractivity contribution in [3.05, 3.63) is 96.1 Å². The average molecular weight is 521 g/mol. The molecule has 1 unspecified atom stereocenters. The average Bonchev–Trinajstić information content (AvgIpc) is 2.89. The number of aliphatic carboxylic acids is 2. The van der Waals surface area contributed by atoms with Crippen molar-refractivity contribution in [2.45, 2.75) is 36.6 Å². The lowest BCUT2D eigenvalue weighted by Gasteiger charge is -2.22. The molecule has 0 heterocycles. The van der Waals surface area contributed by atoms with Crippen LogP contribution in [-0.4, -0.2) is 51.3 Å². The molecular formula is C28H28N2O6S. The summed E-state index contributed by atoms with van der Waals surface area (Å²) < 4.78 is 0. The third-order valence-corrected chi connectivity index (χ3v) is 6.12. The van der Waals surface area contributed by atoms with Gasteiger partial charge < -0.3 is 20.8 Å². The van der Waals surface area contributed by atoms with Gasteiger partial charge in [0.15, 0.2) is 0 Å². The van der Waals surface area contributed by atoms with Crippen LogP contribution in [0.4, 0.5) is 0 Å². The molecule has 0 saturated heterocycles. The molecule has 4 N–H and O–H groups in total. The largest absolute Gasteiger partial charge is 0.481 e. The lowest BCUT2D eigenvalue weighted by atomic mass is 10.0. The van der Waals surface area contributed by atoms with E-state index >= 15 is 0 Å². The second-order valence-corrected chi connectivity index (χ2v) is 9.15. The first-order chi connectivity index (χ1) is 17.7. The monoisotopic (exact) mass is 520 g/mol. The molecule has 0 aliphatic heterocycles. The van der Waals surface area contributed by atoms with Crippen molar-refractivity contribution in [1.82, 2.24) is 10.6 Å². The summed E-state index contributed by atoms with van der Waals surface area (Å²) in [5, 5.41) is 22.9. The third-order valence-electron chi connectivity index (χ3n) is 5.70. The highest BCUT2D eigenvalue weighted by Crippen LogP contribution is 2.20. The van der Waals surface area contributed by atoms with Gasteiger partial charge in [0, 0.05) is 6.42 Å². The van der Waals surface area contributed by atoms with Gasteiger partial charge in [-0.05, 0) is 28.7 Å². The standard InChI is InChI=1S/C28H28N2O6S/c31-25(32)17-22(29-27(34)24(37)16-18-7-3-1-4-8-18)26(33)30-23(28(35)36)15-19-11-13-21(14-12-19)20-9-5-2-6-10-20/h1-14,22-24,37H,15-17H2,(H,29,34)(H,30,33)(H,31,32)(H,35,36)/t22?,23-,24-/m0/s1. The summed E-state index contributed by atoms with van der Waals surface area (Å²) in [7, 11) is 0. The maximum Gasteiger partial charge on any atom is 0.326 e. The van der Waals surface area contributed by atoms with Crippen molar-refractivity contribution in [2.24, 2.45) is 0 Å². The second kappa shape index (κ2) is 13.3. The van der Waals surface area contributed by atoms with Gasteiger partial charge >= 0.3 is 11.9 Å². The van der Waals surface area contributed by atoms with Gasteiger partial charge in [0.2, 0.25) is 11.8 Å². The van der Waals surface area contributed by atoms with Crippen LogP contribution < -0.4 is 10.6 Å². The van der Waals surface area contributed by atoms with Gasteiger partial charge in [-0.25, -0.2) is 4.79 Å². The Kier molecular flexibility index (Phi) is 9.85. The van der Waals surface area contributed by atoms with Crippen molar-refractivity contribution in [3.63, 3.8) is 0 Å². The number of carboxylic acids is 2. The molecule has 0 spiro atoms. The van der Waals surface area contributed by atoms with Gasteiger partial charge in [0.05, 0.1) is 11.7 Å². The third kappa shape index (κ3) is 8.50. The van der Waals surface area contributed by atoms with Crippen LogP contribution in [0.15, 0.2) is 84.9 Å². The fourth-order valence-corrected chi connectivity index (χ4v) is 4.04. The molecule has 8 nitrogen and oxygen atoms in total. The number of nitrogens with one attached hydrogen (secondary N) is 2. The summed E-state index contributed by atoms with van der Waals surface area (Å²) in [5.41, 5.74) is 3.49. The Morgan fingerprint density at radius 2 is 1.16 bits per heavy atom. The molecular weight excluding hydrogens is 492 g/mol. The van der Waals surface area contributed by atoms with Crippen LogP contribution in [0.2, 0.25) is 0 Å². The number of rotatable bonds is 12. The fourth-order valence-electron chi connectivity index (χ4n) is 3.75. The van der Waals surface area contributed by atoms with Crippen molar-refractivity contribution in [2.75, 3.05) is 0 Å². The second-order valence-electron chi connectivity index (χ2n) is 8.53. The number of amides is 2. The lowest BCUT2D eigenvalue weighted by molar-refractivity contribution is -0.143. The number of carbonyl (C=O) groups excluding carboxylic acids is 2. The summed E-state index contributed by atoms with van der Waals surface area (Å²) in [5.74, 6) is -4.12. The van der Waals surface area contributed by atoms with E-state index in [1.165, 1.54) is 0 Å². The molecule has 0 aliphatic carbocycles. The molecule has 0 fully saturated rings. The topological polar surface area (TPSA) is 133 Å². The summed E-state index contributed by atoms with van der Waals surface area (Å²) in [4.78, 5) is 48.7. The zero-order chi connectivity index (χ0) is 26.8. The first-order valence-electron chi connectivity index (χ1n) is 11.6. The summed E-state index contributed by atoms with van der Waals surface area (Å²) in [6.45, 7) is 0.